The summed E-state index contributed by atoms with van der Waals surface area (Å²) in [4.78, 5) is -9.46. The minimum absolute atomic E-state index is 0. The van der Waals surface area contributed by atoms with Crippen LogP contribution in [0.5, 0.6) is 0 Å². The second kappa shape index (κ2) is 18.3. The second-order valence-corrected chi connectivity index (χ2v) is 18.1. The van der Waals surface area contributed by atoms with E-state index in [9.17, 15) is 121 Å². The zero-order valence-electron chi connectivity index (χ0n) is 26.1. The Labute approximate surface area is 323 Å². The molecule has 4 aromatic carbocycles. The highest BCUT2D eigenvalue weighted by molar-refractivity contribution is 8.13. The molecule has 9 nitrogen and oxygen atoms in total. The molecule has 2 N–H and O–H groups in total. The Morgan fingerprint density at radius 1 is 0.300 bits per heavy atom. The van der Waals surface area contributed by atoms with Crippen molar-refractivity contribution in [2.75, 3.05) is 5.08 Å². The molecule has 0 aliphatic carbocycles. The Hall–Kier alpha value is -4.47. The first-order chi connectivity index (χ1) is 26.4. The highest BCUT2D eigenvalue weighted by Gasteiger charge is 2.41. The van der Waals surface area contributed by atoms with E-state index in [-0.39, 0.29) is 7.43 Å². The predicted molar refractivity (Wildman–Crippen MR) is 155 cm³/mol. The molecule has 336 valence electrons. The van der Waals surface area contributed by atoms with Crippen molar-refractivity contribution in [2.24, 2.45) is 5.14 Å². The van der Waals surface area contributed by atoms with E-state index < -0.39 is 180 Å². The zero-order chi connectivity index (χ0) is 46.6. The highest BCUT2D eigenvalue weighted by atomic mass is 35.7. The quantitative estimate of drug-likeness (QED) is 0.0695. The smallest absolute Gasteiger partial charge is 0.224 e. The summed E-state index contributed by atoms with van der Waals surface area (Å²) in [5.74, 6) is -53.1. The van der Waals surface area contributed by atoms with Crippen LogP contribution in [-0.4, -0.2) is 38.8 Å². The summed E-state index contributed by atoms with van der Waals surface area (Å²) in [6.07, 6.45) is 0. The molecular formula is C26H8ClF20NO8S4. The molecule has 0 bridgehead atoms. The summed E-state index contributed by atoms with van der Waals surface area (Å²) in [6.45, 7) is 0. The Morgan fingerprint density at radius 2 is 0.450 bits per heavy atom. The molecule has 0 unspecified atom stereocenters. The summed E-state index contributed by atoms with van der Waals surface area (Å²) in [6, 6.07) is 0. The van der Waals surface area contributed by atoms with Crippen molar-refractivity contribution in [3.63, 3.8) is 0 Å². The number of sulfonamides is 1. The van der Waals surface area contributed by atoms with Crippen LogP contribution in [0.2, 0.25) is 0 Å². The van der Waals surface area contributed by atoms with Crippen molar-refractivity contribution in [3.05, 3.63) is 116 Å². The van der Waals surface area contributed by atoms with E-state index in [0.717, 1.165) is 0 Å². The van der Waals surface area contributed by atoms with Crippen LogP contribution in [0.3, 0.4) is 0 Å². The Morgan fingerprint density at radius 3 is 0.617 bits per heavy atom. The number of benzene rings is 4. The van der Waals surface area contributed by atoms with Gasteiger partial charge in [-0.1, -0.05) is 7.43 Å². The molecule has 0 atom stereocenters. The molecule has 60 heavy (non-hydrogen) atoms. The summed E-state index contributed by atoms with van der Waals surface area (Å²) >= 11 is 0. The molecule has 0 aromatic heterocycles. The van der Waals surface area contributed by atoms with Gasteiger partial charge < -0.3 is 0 Å². The first kappa shape index (κ1) is 53.5. The third-order valence-corrected chi connectivity index (χ3v) is 12.8. The topological polar surface area (TPSA) is 163 Å². The lowest BCUT2D eigenvalue weighted by Crippen LogP contribution is -2.23. The van der Waals surface area contributed by atoms with Gasteiger partial charge in [0.2, 0.25) is 33.3 Å². The molecule has 0 saturated carbocycles. The summed E-state index contributed by atoms with van der Waals surface area (Å²) in [5.41, 5.74) is 0. The molecule has 4 aromatic rings. The van der Waals surface area contributed by atoms with Crippen molar-refractivity contribution >= 4 is 49.4 Å². The van der Waals surface area contributed by atoms with Gasteiger partial charge in [0, 0.05) is 10.7 Å². The van der Waals surface area contributed by atoms with Crippen molar-refractivity contribution in [1.29, 1.82) is 0 Å². The molecule has 0 spiro atoms. The molecular weight excluding hydrogens is 998 g/mol. The van der Waals surface area contributed by atoms with E-state index in [4.69, 9.17) is 0 Å². The number of halogens is 21. The van der Waals surface area contributed by atoms with Gasteiger partial charge in [-0.15, -0.1) is 0 Å². The normalized spacial score (nSPS) is 12.0. The highest BCUT2D eigenvalue weighted by Crippen LogP contribution is 2.33. The molecule has 34 heteroatoms. The number of hydrogen-bond donors (Lipinski definition) is 1. The average molecular weight is 1010 g/mol. The van der Waals surface area contributed by atoms with Crippen LogP contribution >= 0.6 is 10.7 Å². The van der Waals surface area contributed by atoms with Crippen LogP contribution in [0, 0.1) is 116 Å². The van der Waals surface area contributed by atoms with Gasteiger partial charge in [0.15, 0.2) is 128 Å². The molecule has 0 aliphatic heterocycles. The predicted octanol–water partition coefficient (Wildman–Crippen LogP) is 7.26. The Kier molecular flexibility index (Phi) is 16.3. The first-order valence-electron chi connectivity index (χ1n) is 12.9. The van der Waals surface area contributed by atoms with Gasteiger partial charge in [0.25, 0.3) is 9.05 Å². The molecule has 0 heterocycles. The van der Waals surface area contributed by atoms with E-state index in [0.29, 0.717) is 0 Å². The standard InChI is InChI=1S/C13H2F10O4S2.C6ClF5O2S.C6H2F5NO2S.CH4/c14-2-4(16)8(20)12(9(21)5(2)17)28(24,25)1-29(26,27)13-10(22)6(18)3(15)7(19)11(13)23;7-15(13,14)6-4(11)2(9)1(8)3(10)5(6)12;7-1-2(8)4(10)6(15(12,13)14)5(11)3(1)9;/h1H2;;(H2,12,13,14);1H4. The van der Waals surface area contributed by atoms with Gasteiger partial charge in [-0.05, 0) is 0 Å². The SMILES string of the molecule is C.NS(=O)(=O)c1c(F)c(F)c(F)c(F)c1F.O=S(=O)(CS(=O)(=O)c1c(F)c(F)c(F)c(F)c1F)c1c(F)c(F)c(F)c(F)c1F.O=S(=O)(Cl)c1c(F)c(F)c(F)c(F)c1F. The maximum absolute atomic E-state index is 13.6. The van der Waals surface area contributed by atoms with Gasteiger partial charge in [-0.2, -0.15) is 0 Å². The lowest BCUT2D eigenvalue weighted by Gasteiger charge is -2.12. The number of nitrogens with two attached hydrogens (primary N) is 1. The average Bonchev–Trinajstić information content (AvgIpc) is 3.10. The lowest BCUT2D eigenvalue weighted by atomic mass is 10.3. The van der Waals surface area contributed by atoms with Crippen molar-refractivity contribution in [2.45, 2.75) is 27.0 Å². The fourth-order valence-electron chi connectivity index (χ4n) is 3.67. The molecule has 0 fully saturated rings. The van der Waals surface area contributed by atoms with Gasteiger partial charge in [0.1, 0.15) is 9.79 Å². The van der Waals surface area contributed by atoms with E-state index in [1.165, 1.54) is 0 Å². The van der Waals surface area contributed by atoms with Gasteiger partial charge in [0.05, 0.1) is 0 Å². The van der Waals surface area contributed by atoms with Gasteiger partial charge in [-0.25, -0.2) is 127 Å². The Balaban J connectivity index is 0.000000490. The fourth-order valence-corrected chi connectivity index (χ4v) is 9.39. The maximum atomic E-state index is 13.6. The summed E-state index contributed by atoms with van der Waals surface area (Å²) < 4.78 is 348. The van der Waals surface area contributed by atoms with Gasteiger partial charge in [-0.3, -0.25) is 0 Å². The van der Waals surface area contributed by atoms with Gasteiger partial charge >= 0.3 is 0 Å². The largest absolute Gasteiger partial charge is 0.267 e. The summed E-state index contributed by atoms with van der Waals surface area (Å²) in [7, 11) is -17.8. The van der Waals surface area contributed by atoms with Crippen molar-refractivity contribution in [1.82, 2.24) is 0 Å². The molecule has 4 rings (SSSR count). The zero-order valence-corrected chi connectivity index (χ0v) is 30.1. The van der Waals surface area contributed by atoms with Crippen LogP contribution in [-0.2, 0) is 38.7 Å². The van der Waals surface area contributed by atoms with Crippen molar-refractivity contribution in [3.8, 4) is 0 Å². The van der Waals surface area contributed by atoms with E-state index in [2.05, 4.69) is 15.8 Å². The van der Waals surface area contributed by atoms with Crippen LogP contribution in [0.1, 0.15) is 7.43 Å². The van der Waals surface area contributed by atoms with Crippen molar-refractivity contribution < 1.29 is 121 Å². The monoisotopic (exact) mass is 1000 g/mol. The lowest BCUT2D eigenvalue weighted by molar-refractivity contribution is 0.357. The molecule has 0 aliphatic rings. The number of hydrogen-bond acceptors (Lipinski definition) is 8. The third kappa shape index (κ3) is 10.0. The fraction of sp³-hybridized carbons (Fsp3) is 0.0769. The molecule has 0 amide bonds. The first-order valence-corrected chi connectivity index (χ1v) is 20.1. The minimum atomic E-state index is -6.12. The second-order valence-electron chi connectivity index (χ2n) is 9.93. The van der Waals surface area contributed by atoms with E-state index in [1.54, 1.807) is 0 Å². The van der Waals surface area contributed by atoms with Crippen LogP contribution in [0.25, 0.3) is 0 Å². The number of sulfone groups is 2. The van der Waals surface area contributed by atoms with E-state index >= 15 is 0 Å². The Bertz CT molecular complexity index is 2590. The molecule has 0 saturated heterocycles. The summed E-state index contributed by atoms with van der Waals surface area (Å²) in [5, 5.41) is 1.49. The van der Waals surface area contributed by atoms with Crippen LogP contribution < -0.4 is 5.14 Å². The maximum Gasteiger partial charge on any atom is 0.267 e. The molecule has 0 radical (unpaired) electrons. The third-order valence-electron chi connectivity index (χ3n) is 6.14. The van der Waals surface area contributed by atoms with Crippen LogP contribution in [0.15, 0.2) is 19.6 Å². The van der Waals surface area contributed by atoms with Crippen LogP contribution in [0.4, 0.5) is 87.8 Å². The number of primary sulfonamides is 1. The number of rotatable bonds is 6. The van der Waals surface area contributed by atoms with E-state index in [1.807, 2.05) is 0 Å². The minimum Gasteiger partial charge on any atom is -0.224 e.